The second-order valence-corrected chi connectivity index (χ2v) is 7.68. The van der Waals surface area contributed by atoms with E-state index in [1.807, 2.05) is 17.9 Å². The predicted molar refractivity (Wildman–Crippen MR) is 124 cm³/mol. The first kappa shape index (κ1) is 25.0. The normalized spacial score (nSPS) is 12.7. The number of carbonyl (C=O) groups excluding carboxylic acids is 2. The summed E-state index contributed by atoms with van der Waals surface area (Å²) in [5.74, 6) is -0.363. The summed E-state index contributed by atoms with van der Waals surface area (Å²) in [6.07, 6.45) is -1.25. The Hall–Kier alpha value is -2.28. The monoisotopic (exact) mass is 466 g/mol. The highest BCUT2D eigenvalue weighted by molar-refractivity contribution is 6.18. The number of alkyl halides is 2. The van der Waals surface area contributed by atoms with Gasteiger partial charge in [-0.05, 0) is 37.1 Å². The Bertz CT molecular complexity index is 858. The van der Waals surface area contributed by atoms with Crippen molar-refractivity contribution in [3.63, 3.8) is 0 Å². The molecule has 2 aromatic carbocycles. The lowest BCUT2D eigenvalue weighted by Crippen LogP contribution is -2.46. The molecule has 2 aromatic rings. The molecule has 2 rings (SSSR count). The molecule has 0 fully saturated rings. The Morgan fingerprint density at radius 3 is 2.32 bits per heavy atom. The minimum atomic E-state index is -1.25. The van der Waals surface area contributed by atoms with Gasteiger partial charge in [-0.1, -0.05) is 36.4 Å². The Morgan fingerprint density at radius 2 is 1.74 bits per heavy atom. The van der Waals surface area contributed by atoms with E-state index in [2.05, 4.69) is 5.32 Å². The average molecular weight is 467 g/mol. The Kier molecular flexibility index (Phi) is 10.1. The van der Waals surface area contributed by atoms with Gasteiger partial charge in [-0.15, -0.1) is 23.2 Å². The number of anilines is 1. The molecule has 2 N–H and O–H groups in total. The molecule has 0 aromatic heterocycles. The molecule has 0 aliphatic rings. The second-order valence-electron chi connectivity index (χ2n) is 6.92. The van der Waals surface area contributed by atoms with Gasteiger partial charge in [-0.2, -0.15) is 0 Å². The van der Waals surface area contributed by atoms with Gasteiger partial charge < -0.3 is 20.1 Å². The van der Waals surface area contributed by atoms with Gasteiger partial charge >= 0.3 is 5.97 Å². The van der Waals surface area contributed by atoms with Crippen molar-refractivity contribution in [2.24, 2.45) is 0 Å². The lowest BCUT2D eigenvalue weighted by atomic mass is 10.0. The summed E-state index contributed by atoms with van der Waals surface area (Å²) >= 11 is 11.8. The van der Waals surface area contributed by atoms with Crippen molar-refractivity contribution in [2.45, 2.75) is 26.0 Å². The summed E-state index contributed by atoms with van der Waals surface area (Å²) < 4.78 is 5.08. The second kappa shape index (κ2) is 12.5. The number of ether oxygens (including phenoxy) is 1. The third-order valence-electron chi connectivity index (χ3n) is 4.80. The van der Waals surface area contributed by atoms with Crippen molar-refractivity contribution in [1.82, 2.24) is 5.32 Å². The number of nitrogens with one attached hydrogen (secondary N) is 1. The van der Waals surface area contributed by atoms with Gasteiger partial charge in [-0.3, -0.25) is 4.79 Å². The molecule has 0 aliphatic carbocycles. The van der Waals surface area contributed by atoms with E-state index >= 15 is 0 Å². The maximum Gasteiger partial charge on any atom is 0.331 e. The number of hydrogen-bond acceptors (Lipinski definition) is 5. The number of rotatable bonds is 11. The van der Waals surface area contributed by atoms with Gasteiger partial charge in [0.25, 0.3) is 5.91 Å². The maximum absolute atomic E-state index is 13.0. The van der Waals surface area contributed by atoms with Crippen LogP contribution >= 0.6 is 23.2 Å². The lowest BCUT2D eigenvalue weighted by molar-refractivity contribution is -0.148. The molecule has 0 saturated heterocycles. The topological polar surface area (TPSA) is 78.9 Å². The highest BCUT2D eigenvalue weighted by atomic mass is 35.5. The van der Waals surface area contributed by atoms with E-state index in [0.29, 0.717) is 36.0 Å². The van der Waals surface area contributed by atoms with Crippen molar-refractivity contribution in [3.05, 3.63) is 65.2 Å². The van der Waals surface area contributed by atoms with Crippen molar-refractivity contribution in [3.8, 4) is 0 Å². The number of aryl methyl sites for hydroxylation is 1. The van der Waals surface area contributed by atoms with Crippen LogP contribution in [0.15, 0.2) is 48.5 Å². The SMILES string of the molecule is CCOC(=O)[C@H](NC(=O)c1ccc(C)c(N(CCCl)CCCl)c1)[C@H](O)c1ccccc1. The van der Waals surface area contributed by atoms with Crippen LogP contribution in [0.25, 0.3) is 0 Å². The molecule has 1 amide bonds. The van der Waals surface area contributed by atoms with Crippen LogP contribution in [0.3, 0.4) is 0 Å². The number of esters is 1. The molecule has 31 heavy (non-hydrogen) atoms. The molecule has 0 unspecified atom stereocenters. The summed E-state index contributed by atoms with van der Waals surface area (Å²) in [6, 6.07) is 12.6. The molecule has 0 radical (unpaired) electrons. The molecule has 2 atom stereocenters. The number of aliphatic hydroxyl groups excluding tert-OH is 1. The highest BCUT2D eigenvalue weighted by Crippen LogP contribution is 2.23. The molecule has 6 nitrogen and oxygen atoms in total. The summed E-state index contributed by atoms with van der Waals surface area (Å²) in [5.41, 5.74) is 2.66. The van der Waals surface area contributed by atoms with E-state index in [4.69, 9.17) is 27.9 Å². The number of amides is 1. The quantitative estimate of drug-likeness (QED) is 0.390. The van der Waals surface area contributed by atoms with Crippen LogP contribution in [0, 0.1) is 6.92 Å². The Morgan fingerprint density at radius 1 is 1.10 bits per heavy atom. The first-order valence-corrected chi connectivity index (χ1v) is 11.2. The van der Waals surface area contributed by atoms with Crippen molar-refractivity contribution < 1.29 is 19.4 Å². The van der Waals surface area contributed by atoms with Crippen molar-refractivity contribution in [1.29, 1.82) is 0 Å². The van der Waals surface area contributed by atoms with Gasteiger partial charge in [0.1, 0.15) is 6.10 Å². The zero-order valence-corrected chi connectivity index (χ0v) is 19.2. The molecule has 0 aliphatic heterocycles. The van der Waals surface area contributed by atoms with E-state index in [-0.39, 0.29) is 6.61 Å². The molecule has 0 saturated carbocycles. The Balaban J connectivity index is 2.30. The number of carbonyl (C=O) groups is 2. The number of benzene rings is 2. The fourth-order valence-corrected chi connectivity index (χ4v) is 3.62. The first-order valence-electron chi connectivity index (χ1n) is 10.1. The van der Waals surface area contributed by atoms with E-state index in [0.717, 1.165) is 11.3 Å². The first-order chi connectivity index (χ1) is 14.9. The molecule has 0 spiro atoms. The molecule has 8 heteroatoms. The third kappa shape index (κ3) is 6.86. The average Bonchev–Trinajstić information content (AvgIpc) is 2.77. The largest absolute Gasteiger partial charge is 0.464 e. The number of hydrogen-bond donors (Lipinski definition) is 2. The highest BCUT2D eigenvalue weighted by Gasteiger charge is 2.31. The van der Waals surface area contributed by atoms with Crippen molar-refractivity contribution >= 4 is 40.8 Å². The third-order valence-corrected chi connectivity index (χ3v) is 5.14. The van der Waals surface area contributed by atoms with Crippen molar-refractivity contribution in [2.75, 3.05) is 36.4 Å². The van der Waals surface area contributed by atoms with Gasteiger partial charge in [0.05, 0.1) is 6.61 Å². The van der Waals surface area contributed by atoms with Gasteiger partial charge in [0.15, 0.2) is 6.04 Å². The number of nitrogens with zero attached hydrogens (tertiary/aromatic N) is 1. The zero-order chi connectivity index (χ0) is 22.8. The van der Waals surface area contributed by atoms with Crippen LogP contribution in [-0.4, -0.2) is 54.5 Å². The molecular weight excluding hydrogens is 439 g/mol. The molecular formula is C23H28Cl2N2O4. The van der Waals surface area contributed by atoms with Crippen LogP contribution in [0.5, 0.6) is 0 Å². The molecule has 168 valence electrons. The van der Waals surface area contributed by atoms with Crippen LogP contribution in [0.1, 0.15) is 34.5 Å². The summed E-state index contributed by atoms with van der Waals surface area (Å²) in [7, 11) is 0. The molecule has 0 heterocycles. The van der Waals surface area contributed by atoms with E-state index in [1.54, 1.807) is 49.4 Å². The Labute approximate surface area is 193 Å². The van der Waals surface area contributed by atoms with Crippen LogP contribution in [0.2, 0.25) is 0 Å². The van der Waals surface area contributed by atoms with Crippen LogP contribution in [-0.2, 0) is 9.53 Å². The van der Waals surface area contributed by atoms with Gasteiger partial charge in [-0.25, -0.2) is 4.79 Å². The van der Waals surface area contributed by atoms with Gasteiger partial charge in [0.2, 0.25) is 0 Å². The number of aliphatic hydroxyl groups is 1. The summed E-state index contributed by atoms with van der Waals surface area (Å²) in [5, 5.41) is 13.4. The number of halogens is 2. The molecule has 0 bridgehead atoms. The van der Waals surface area contributed by atoms with Crippen LogP contribution in [0.4, 0.5) is 5.69 Å². The van der Waals surface area contributed by atoms with Crippen LogP contribution < -0.4 is 10.2 Å². The van der Waals surface area contributed by atoms with E-state index in [1.165, 1.54) is 0 Å². The predicted octanol–water partition coefficient (Wildman–Crippen LogP) is 3.67. The van der Waals surface area contributed by atoms with E-state index < -0.39 is 24.0 Å². The smallest absolute Gasteiger partial charge is 0.331 e. The summed E-state index contributed by atoms with van der Waals surface area (Å²) in [4.78, 5) is 27.5. The fourth-order valence-electron chi connectivity index (χ4n) is 3.21. The standard InChI is InChI=1S/C23H28Cl2N2O4/c1-3-31-23(30)20(21(28)17-7-5-4-6-8-17)26-22(29)18-10-9-16(2)19(15-18)27(13-11-24)14-12-25/h4-10,15,20-21,28H,3,11-14H2,1-2H3,(H,26,29)/t20-,21-/m1/s1. The maximum atomic E-state index is 13.0. The summed E-state index contributed by atoms with van der Waals surface area (Å²) in [6.45, 7) is 4.90. The zero-order valence-electron chi connectivity index (χ0n) is 17.7. The van der Waals surface area contributed by atoms with E-state index in [9.17, 15) is 14.7 Å². The minimum Gasteiger partial charge on any atom is -0.464 e. The minimum absolute atomic E-state index is 0.132. The van der Waals surface area contributed by atoms with Gasteiger partial charge in [0, 0.05) is 36.1 Å². The lowest BCUT2D eigenvalue weighted by Gasteiger charge is -2.26. The fraction of sp³-hybridized carbons (Fsp3) is 0.391.